The van der Waals surface area contributed by atoms with Crippen LogP contribution in [0, 0.1) is 5.92 Å². The number of hydrogen-bond acceptors (Lipinski definition) is 4. The molecule has 2 aliphatic rings. The second kappa shape index (κ2) is 7.54. The van der Waals surface area contributed by atoms with E-state index in [1.54, 1.807) is 32.4 Å². The van der Waals surface area contributed by atoms with E-state index in [0.29, 0.717) is 29.2 Å². The summed E-state index contributed by atoms with van der Waals surface area (Å²) in [5, 5.41) is 3.15. The zero-order valence-corrected chi connectivity index (χ0v) is 16.1. The first-order valence-electron chi connectivity index (χ1n) is 9.50. The van der Waals surface area contributed by atoms with Crippen molar-refractivity contribution in [3.05, 3.63) is 59.7 Å². The van der Waals surface area contributed by atoms with Gasteiger partial charge in [-0.15, -0.1) is 0 Å². The Hall–Kier alpha value is -3.02. The summed E-state index contributed by atoms with van der Waals surface area (Å²) in [7, 11) is 3.10. The zero-order valence-electron chi connectivity index (χ0n) is 16.1. The van der Waals surface area contributed by atoms with Gasteiger partial charge in [-0.25, -0.2) is 0 Å². The van der Waals surface area contributed by atoms with Crippen LogP contribution in [-0.2, 0) is 0 Å². The smallest absolute Gasteiger partial charge is 0.258 e. The molecule has 2 aromatic rings. The number of carbonyl (C=O) groups excluding carboxylic acids is 2. The van der Waals surface area contributed by atoms with Crippen molar-refractivity contribution in [1.82, 2.24) is 10.2 Å². The highest BCUT2D eigenvalue weighted by Crippen LogP contribution is 2.40. The molecule has 1 saturated heterocycles. The molecule has 146 valence electrons. The highest BCUT2D eigenvalue weighted by molar-refractivity contribution is 5.98. The fraction of sp³-hybridized carbons (Fsp3) is 0.364. The van der Waals surface area contributed by atoms with Crippen molar-refractivity contribution in [3.63, 3.8) is 0 Å². The van der Waals surface area contributed by atoms with Gasteiger partial charge in [-0.1, -0.05) is 24.3 Å². The molecule has 6 heteroatoms. The van der Waals surface area contributed by atoms with Crippen LogP contribution in [0.1, 0.15) is 33.6 Å². The van der Waals surface area contributed by atoms with Gasteiger partial charge in [-0.3, -0.25) is 9.59 Å². The summed E-state index contributed by atoms with van der Waals surface area (Å²) < 4.78 is 10.7. The number of likely N-dealkylation sites (tertiary alicyclic amines) is 1. The lowest BCUT2D eigenvalue weighted by Gasteiger charge is -2.32. The molecule has 0 spiro atoms. The predicted molar refractivity (Wildman–Crippen MR) is 105 cm³/mol. The molecule has 4 rings (SSSR count). The molecule has 0 unspecified atom stereocenters. The Kier molecular flexibility index (Phi) is 4.94. The van der Waals surface area contributed by atoms with Crippen LogP contribution < -0.4 is 14.8 Å². The van der Waals surface area contributed by atoms with Crippen LogP contribution in [-0.4, -0.2) is 49.6 Å². The molecule has 1 aliphatic heterocycles. The Balaban J connectivity index is 1.45. The number of nitrogens with one attached hydrogen (secondary N) is 1. The molecule has 2 fully saturated rings. The maximum Gasteiger partial charge on any atom is 0.258 e. The Bertz CT molecular complexity index is 883. The minimum absolute atomic E-state index is 0.0453. The lowest BCUT2D eigenvalue weighted by atomic mass is 10.0. The van der Waals surface area contributed by atoms with E-state index >= 15 is 0 Å². The number of carbonyl (C=O) groups is 2. The van der Waals surface area contributed by atoms with E-state index in [9.17, 15) is 9.59 Å². The van der Waals surface area contributed by atoms with E-state index < -0.39 is 0 Å². The molecule has 1 N–H and O–H groups in total. The molecule has 1 heterocycles. The molecular weight excluding hydrogens is 356 g/mol. The first kappa shape index (κ1) is 18.3. The standard InChI is InChI=1S/C22H24N2O4/c1-27-19-10-6-9-17(20(19)28-2)22(26)24-13-15-11-16(24)12-18(15)23-21(25)14-7-4-3-5-8-14/h3-10,15-16,18H,11-13H2,1-2H3,(H,23,25)/t15-,16-,18-/m0/s1. The number of rotatable bonds is 5. The van der Waals surface area contributed by atoms with Crippen LogP contribution in [0.15, 0.2) is 48.5 Å². The molecule has 2 amide bonds. The highest BCUT2D eigenvalue weighted by atomic mass is 16.5. The molecule has 2 bridgehead atoms. The second-order valence-corrected chi connectivity index (χ2v) is 7.33. The van der Waals surface area contributed by atoms with Gasteiger partial charge in [0.05, 0.1) is 19.8 Å². The third kappa shape index (κ3) is 3.19. The molecule has 0 radical (unpaired) electrons. The van der Waals surface area contributed by atoms with E-state index in [1.807, 2.05) is 35.2 Å². The van der Waals surface area contributed by atoms with Crippen molar-refractivity contribution in [2.24, 2.45) is 5.92 Å². The van der Waals surface area contributed by atoms with E-state index in [-0.39, 0.29) is 29.8 Å². The number of ether oxygens (including phenoxy) is 2. The van der Waals surface area contributed by atoms with Crippen LogP contribution in [0.2, 0.25) is 0 Å². The van der Waals surface area contributed by atoms with Crippen molar-refractivity contribution in [1.29, 1.82) is 0 Å². The maximum atomic E-state index is 13.1. The second-order valence-electron chi connectivity index (χ2n) is 7.33. The van der Waals surface area contributed by atoms with Gasteiger partial charge in [-0.05, 0) is 43.0 Å². The Labute approximate surface area is 164 Å². The summed E-state index contributed by atoms with van der Waals surface area (Å²) in [5.74, 6) is 1.19. The summed E-state index contributed by atoms with van der Waals surface area (Å²) in [6.45, 7) is 0.642. The van der Waals surface area contributed by atoms with Gasteiger partial charge < -0.3 is 19.7 Å². The van der Waals surface area contributed by atoms with Crippen molar-refractivity contribution in [2.45, 2.75) is 24.9 Å². The molecule has 0 aromatic heterocycles. The average molecular weight is 380 g/mol. The van der Waals surface area contributed by atoms with Crippen LogP contribution in [0.25, 0.3) is 0 Å². The van der Waals surface area contributed by atoms with Gasteiger partial charge in [0.2, 0.25) is 0 Å². The van der Waals surface area contributed by atoms with Gasteiger partial charge in [0.15, 0.2) is 11.5 Å². The molecular formula is C22H24N2O4. The lowest BCUT2D eigenvalue weighted by Crippen LogP contribution is -2.47. The number of nitrogens with zero attached hydrogens (tertiary/aromatic N) is 1. The van der Waals surface area contributed by atoms with Crippen molar-refractivity contribution in [2.75, 3.05) is 20.8 Å². The van der Waals surface area contributed by atoms with Gasteiger partial charge in [0, 0.05) is 24.2 Å². The van der Waals surface area contributed by atoms with Gasteiger partial charge in [0.25, 0.3) is 11.8 Å². The normalized spacial score (nSPS) is 22.8. The molecule has 6 nitrogen and oxygen atoms in total. The number of amides is 2. The molecule has 1 aliphatic carbocycles. The predicted octanol–water partition coefficient (Wildman–Crippen LogP) is 2.74. The van der Waals surface area contributed by atoms with E-state index in [0.717, 1.165) is 12.8 Å². The Morgan fingerprint density at radius 2 is 1.79 bits per heavy atom. The SMILES string of the molecule is COc1cccc(C(=O)N2C[C@@H]3C[C@H]2C[C@@H]3NC(=O)c2ccccc2)c1OC. The Morgan fingerprint density at radius 1 is 1.00 bits per heavy atom. The van der Waals surface area contributed by atoms with Gasteiger partial charge in [0.1, 0.15) is 0 Å². The maximum absolute atomic E-state index is 13.1. The zero-order chi connectivity index (χ0) is 19.7. The van der Waals surface area contributed by atoms with Crippen molar-refractivity contribution in [3.8, 4) is 11.5 Å². The summed E-state index contributed by atoms with van der Waals surface area (Å²) in [6.07, 6.45) is 1.69. The number of para-hydroxylation sites is 1. The first-order chi connectivity index (χ1) is 13.6. The number of hydrogen-bond donors (Lipinski definition) is 1. The average Bonchev–Trinajstić information content (AvgIpc) is 3.33. The van der Waals surface area contributed by atoms with E-state index in [4.69, 9.17) is 9.47 Å². The monoisotopic (exact) mass is 380 g/mol. The minimum Gasteiger partial charge on any atom is -0.493 e. The highest BCUT2D eigenvalue weighted by Gasteiger charge is 2.47. The molecule has 1 saturated carbocycles. The van der Waals surface area contributed by atoms with Crippen LogP contribution in [0.4, 0.5) is 0 Å². The van der Waals surface area contributed by atoms with Gasteiger partial charge >= 0.3 is 0 Å². The van der Waals surface area contributed by atoms with Crippen molar-refractivity contribution >= 4 is 11.8 Å². The molecule has 3 atom stereocenters. The van der Waals surface area contributed by atoms with E-state index in [1.165, 1.54) is 0 Å². The summed E-state index contributed by atoms with van der Waals surface area (Å²) in [5.41, 5.74) is 1.18. The minimum atomic E-state index is -0.0505. The number of fused-ring (bicyclic) bond motifs is 2. The quantitative estimate of drug-likeness (QED) is 0.866. The van der Waals surface area contributed by atoms with Crippen molar-refractivity contribution < 1.29 is 19.1 Å². The number of piperidine rings is 1. The number of benzene rings is 2. The van der Waals surface area contributed by atoms with Crippen LogP contribution in [0.5, 0.6) is 11.5 Å². The fourth-order valence-electron chi connectivity index (χ4n) is 4.43. The van der Waals surface area contributed by atoms with Crippen LogP contribution >= 0.6 is 0 Å². The third-order valence-corrected chi connectivity index (χ3v) is 5.79. The summed E-state index contributed by atoms with van der Waals surface area (Å²) >= 11 is 0. The molecule has 28 heavy (non-hydrogen) atoms. The largest absolute Gasteiger partial charge is 0.493 e. The fourth-order valence-corrected chi connectivity index (χ4v) is 4.43. The van der Waals surface area contributed by atoms with Gasteiger partial charge in [-0.2, -0.15) is 0 Å². The third-order valence-electron chi connectivity index (χ3n) is 5.79. The molecule has 2 aromatic carbocycles. The summed E-state index contributed by atoms with van der Waals surface area (Å²) in [4.78, 5) is 27.5. The number of methoxy groups -OCH3 is 2. The first-order valence-corrected chi connectivity index (χ1v) is 9.50. The van der Waals surface area contributed by atoms with Crippen LogP contribution in [0.3, 0.4) is 0 Å². The lowest BCUT2D eigenvalue weighted by molar-refractivity contribution is 0.0676. The van der Waals surface area contributed by atoms with E-state index in [2.05, 4.69) is 5.32 Å². The summed E-state index contributed by atoms with van der Waals surface area (Å²) in [6, 6.07) is 14.8. The topological polar surface area (TPSA) is 67.9 Å². The Morgan fingerprint density at radius 3 is 2.43 bits per heavy atom.